The van der Waals surface area contributed by atoms with Gasteiger partial charge in [0.25, 0.3) is 0 Å². The average Bonchev–Trinajstić information content (AvgIpc) is 2.28. The summed E-state index contributed by atoms with van der Waals surface area (Å²) in [6, 6.07) is 2.32. The van der Waals surface area contributed by atoms with Gasteiger partial charge in [0.15, 0.2) is 0 Å². The van der Waals surface area contributed by atoms with Crippen LogP contribution in [0.3, 0.4) is 0 Å². The minimum Gasteiger partial charge on any atom is -0.366 e. The summed E-state index contributed by atoms with van der Waals surface area (Å²) >= 11 is 0. The van der Waals surface area contributed by atoms with Crippen molar-refractivity contribution in [2.45, 2.75) is 32.7 Å². The molecule has 0 amide bonds. The minimum absolute atomic E-state index is 0.265. The Balaban J connectivity index is 1.95. The lowest BCUT2D eigenvalue weighted by molar-refractivity contribution is 0.200. The van der Waals surface area contributed by atoms with Gasteiger partial charge in [0.05, 0.1) is 0 Å². The maximum Gasteiger partial charge on any atom is 0.130 e. The Morgan fingerprint density at radius 1 is 1.44 bits per heavy atom. The molecule has 2 rings (SSSR count). The third-order valence-corrected chi connectivity index (χ3v) is 3.22. The minimum atomic E-state index is -0.265. The Labute approximate surface area is 108 Å². The van der Waals surface area contributed by atoms with Crippen LogP contribution in [0.2, 0.25) is 0 Å². The number of aromatic nitrogens is 2. The van der Waals surface area contributed by atoms with Gasteiger partial charge in [-0.15, -0.1) is 0 Å². The first-order chi connectivity index (χ1) is 8.67. The van der Waals surface area contributed by atoms with Crippen molar-refractivity contribution in [3.8, 4) is 0 Å². The van der Waals surface area contributed by atoms with Crippen LogP contribution < -0.4 is 5.32 Å². The lowest BCUT2D eigenvalue weighted by atomic mass is 10.1. The van der Waals surface area contributed by atoms with Gasteiger partial charge in [0.1, 0.15) is 18.3 Å². The Bertz CT molecular complexity index is 374. The molecular formula is C13H21FN4. The van der Waals surface area contributed by atoms with Crippen molar-refractivity contribution in [2.24, 2.45) is 0 Å². The van der Waals surface area contributed by atoms with Crippen molar-refractivity contribution in [2.75, 3.05) is 31.6 Å². The molecular weight excluding hydrogens is 231 g/mol. The SMILES string of the molecule is Cc1cc(NC2CCCN(CCF)C2)nc(C)n1. The molecule has 0 saturated carbocycles. The van der Waals surface area contributed by atoms with Crippen molar-refractivity contribution >= 4 is 5.82 Å². The molecule has 0 radical (unpaired) electrons. The second-order valence-corrected chi connectivity index (χ2v) is 4.91. The van der Waals surface area contributed by atoms with Gasteiger partial charge in [-0.1, -0.05) is 0 Å². The van der Waals surface area contributed by atoms with Crippen LogP contribution in [0.4, 0.5) is 10.2 Å². The molecule has 1 N–H and O–H groups in total. The second-order valence-electron chi connectivity index (χ2n) is 4.91. The molecule has 5 heteroatoms. The van der Waals surface area contributed by atoms with E-state index in [0.717, 1.165) is 43.3 Å². The summed E-state index contributed by atoms with van der Waals surface area (Å²) in [6.07, 6.45) is 2.23. The number of likely N-dealkylation sites (tertiary alicyclic amines) is 1. The molecule has 18 heavy (non-hydrogen) atoms. The number of rotatable bonds is 4. The number of nitrogens with zero attached hydrogens (tertiary/aromatic N) is 3. The molecule has 1 aromatic heterocycles. The first-order valence-electron chi connectivity index (χ1n) is 6.54. The zero-order valence-corrected chi connectivity index (χ0v) is 11.1. The highest BCUT2D eigenvalue weighted by Gasteiger charge is 2.19. The van der Waals surface area contributed by atoms with E-state index in [4.69, 9.17) is 0 Å². The summed E-state index contributed by atoms with van der Waals surface area (Å²) in [5.41, 5.74) is 0.974. The molecule has 0 aliphatic carbocycles. The number of halogens is 1. The molecule has 1 unspecified atom stereocenters. The van der Waals surface area contributed by atoms with Crippen molar-refractivity contribution < 1.29 is 4.39 Å². The summed E-state index contributed by atoms with van der Waals surface area (Å²) in [6.45, 7) is 6.04. The molecule has 2 heterocycles. The number of aryl methyl sites for hydroxylation is 2. The van der Waals surface area contributed by atoms with Gasteiger partial charge < -0.3 is 5.32 Å². The molecule has 1 atom stereocenters. The fourth-order valence-electron chi connectivity index (χ4n) is 2.50. The van der Waals surface area contributed by atoms with Crippen molar-refractivity contribution in [3.05, 3.63) is 17.6 Å². The highest BCUT2D eigenvalue weighted by molar-refractivity contribution is 5.37. The molecule has 100 valence electrons. The summed E-state index contributed by atoms with van der Waals surface area (Å²) in [7, 11) is 0. The predicted molar refractivity (Wildman–Crippen MR) is 70.6 cm³/mol. The van der Waals surface area contributed by atoms with Gasteiger partial charge in [-0.2, -0.15) is 0 Å². The van der Waals surface area contributed by atoms with Crippen LogP contribution in [0.1, 0.15) is 24.4 Å². The monoisotopic (exact) mass is 252 g/mol. The van der Waals surface area contributed by atoms with Gasteiger partial charge in [-0.05, 0) is 33.2 Å². The number of hydrogen-bond acceptors (Lipinski definition) is 4. The fraction of sp³-hybridized carbons (Fsp3) is 0.692. The van der Waals surface area contributed by atoms with E-state index in [1.807, 2.05) is 19.9 Å². The zero-order chi connectivity index (χ0) is 13.0. The smallest absolute Gasteiger partial charge is 0.130 e. The van der Waals surface area contributed by atoms with Crippen LogP contribution in [-0.2, 0) is 0 Å². The van der Waals surface area contributed by atoms with Crippen molar-refractivity contribution in [1.82, 2.24) is 14.9 Å². The van der Waals surface area contributed by atoms with Crippen molar-refractivity contribution in [3.63, 3.8) is 0 Å². The van der Waals surface area contributed by atoms with Crippen LogP contribution in [0, 0.1) is 13.8 Å². The Hall–Kier alpha value is -1.23. The fourth-order valence-corrected chi connectivity index (χ4v) is 2.50. The third-order valence-electron chi connectivity index (χ3n) is 3.22. The number of anilines is 1. The summed E-state index contributed by atoms with van der Waals surface area (Å²) in [5, 5.41) is 3.44. The Morgan fingerprint density at radius 3 is 3.00 bits per heavy atom. The van der Waals surface area contributed by atoms with Gasteiger partial charge in [-0.25, -0.2) is 14.4 Å². The number of piperidine rings is 1. The van der Waals surface area contributed by atoms with Crippen molar-refractivity contribution in [1.29, 1.82) is 0 Å². The van der Waals surface area contributed by atoms with E-state index >= 15 is 0 Å². The van der Waals surface area contributed by atoms with E-state index in [-0.39, 0.29) is 6.67 Å². The van der Waals surface area contributed by atoms with Crippen LogP contribution in [-0.4, -0.2) is 47.2 Å². The molecule has 1 saturated heterocycles. The zero-order valence-electron chi connectivity index (χ0n) is 11.1. The molecule has 1 aromatic rings. The highest BCUT2D eigenvalue weighted by atomic mass is 19.1. The number of alkyl halides is 1. The first-order valence-corrected chi connectivity index (χ1v) is 6.54. The van der Waals surface area contributed by atoms with Crippen LogP contribution in [0.15, 0.2) is 6.07 Å². The number of hydrogen-bond donors (Lipinski definition) is 1. The molecule has 1 aliphatic rings. The Kier molecular flexibility index (Phi) is 4.47. The van der Waals surface area contributed by atoms with Crippen LogP contribution in [0.5, 0.6) is 0 Å². The van der Waals surface area contributed by atoms with Gasteiger partial charge in [0, 0.05) is 30.9 Å². The number of nitrogens with one attached hydrogen (secondary N) is 1. The summed E-state index contributed by atoms with van der Waals surface area (Å²) in [4.78, 5) is 10.8. The molecule has 0 aromatic carbocycles. The van der Waals surface area contributed by atoms with Gasteiger partial charge in [0.2, 0.25) is 0 Å². The normalized spacial score (nSPS) is 20.9. The lowest BCUT2D eigenvalue weighted by Crippen LogP contribution is -2.43. The van der Waals surface area contributed by atoms with E-state index in [0.29, 0.717) is 12.6 Å². The van der Waals surface area contributed by atoms with E-state index in [2.05, 4.69) is 20.2 Å². The quantitative estimate of drug-likeness (QED) is 0.889. The third kappa shape index (κ3) is 3.63. The van der Waals surface area contributed by atoms with Crippen LogP contribution >= 0.6 is 0 Å². The first kappa shape index (κ1) is 13.2. The maximum absolute atomic E-state index is 12.4. The second kappa shape index (κ2) is 6.09. The van der Waals surface area contributed by atoms with Gasteiger partial charge >= 0.3 is 0 Å². The molecule has 1 fully saturated rings. The highest BCUT2D eigenvalue weighted by Crippen LogP contribution is 2.15. The topological polar surface area (TPSA) is 41.0 Å². The van der Waals surface area contributed by atoms with E-state index in [1.54, 1.807) is 0 Å². The molecule has 0 spiro atoms. The molecule has 0 bridgehead atoms. The van der Waals surface area contributed by atoms with Gasteiger partial charge in [-0.3, -0.25) is 4.90 Å². The maximum atomic E-state index is 12.4. The Morgan fingerprint density at radius 2 is 2.28 bits per heavy atom. The lowest BCUT2D eigenvalue weighted by Gasteiger charge is -2.32. The summed E-state index contributed by atoms with van der Waals surface area (Å²) in [5.74, 6) is 1.67. The average molecular weight is 252 g/mol. The van der Waals surface area contributed by atoms with E-state index < -0.39 is 0 Å². The standard InChI is InChI=1S/C13H21FN4/c1-10-8-13(16-11(2)15-10)17-12-4-3-6-18(9-12)7-5-14/h8,12H,3-7,9H2,1-2H3,(H,15,16,17). The largest absolute Gasteiger partial charge is 0.366 e. The van der Waals surface area contributed by atoms with Crippen LogP contribution in [0.25, 0.3) is 0 Å². The molecule has 4 nitrogen and oxygen atoms in total. The van der Waals surface area contributed by atoms with E-state index in [9.17, 15) is 4.39 Å². The molecule has 1 aliphatic heterocycles. The predicted octanol–water partition coefficient (Wildman–Crippen LogP) is 1.94. The van der Waals surface area contributed by atoms with E-state index in [1.165, 1.54) is 0 Å². The summed E-state index contributed by atoms with van der Waals surface area (Å²) < 4.78 is 12.4.